The van der Waals surface area contributed by atoms with Crippen LogP contribution in [-0.4, -0.2) is 18.5 Å². The summed E-state index contributed by atoms with van der Waals surface area (Å²) in [5.41, 5.74) is 7.43. The maximum atomic E-state index is 12.5. The summed E-state index contributed by atoms with van der Waals surface area (Å²) >= 11 is 0. The zero-order valence-electron chi connectivity index (χ0n) is 13.4. The van der Waals surface area contributed by atoms with Crippen LogP contribution in [0, 0.1) is 5.92 Å². The minimum absolute atomic E-state index is 0.00248. The Balaban J connectivity index is 2.98. The molecule has 0 aliphatic carbocycles. The van der Waals surface area contributed by atoms with Crippen LogP contribution in [0.2, 0.25) is 0 Å². The van der Waals surface area contributed by atoms with Crippen LogP contribution < -0.4 is 11.1 Å². The van der Waals surface area contributed by atoms with E-state index in [2.05, 4.69) is 39.9 Å². The van der Waals surface area contributed by atoms with Gasteiger partial charge in [-0.1, -0.05) is 52.8 Å². The smallest absolute Gasteiger partial charge is 0.251 e. The fraction of sp³-hybridized carbons (Fsp3) is 0.588. The SMILES string of the molecule is CC(C)C(CCN)NC(=O)c1ccccc1C(C)(C)C. The molecule has 0 heterocycles. The third-order valence-corrected chi connectivity index (χ3v) is 3.58. The Morgan fingerprint density at radius 2 is 1.85 bits per heavy atom. The molecule has 1 rings (SSSR count). The van der Waals surface area contributed by atoms with Crippen molar-refractivity contribution in [3.63, 3.8) is 0 Å². The van der Waals surface area contributed by atoms with E-state index in [9.17, 15) is 4.79 Å². The summed E-state index contributed by atoms with van der Waals surface area (Å²) < 4.78 is 0. The van der Waals surface area contributed by atoms with Gasteiger partial charge in [-0.05, 0) is 35.9 Å². The first-order chi connectivity index (χ1) is 9.27. The number of hydrogen-bond donors (Lipinski definition) is 2. The van der Waals surface area contributed by atoms with E-state index in [-0.39, 0.29) is 17.4 Å². The average molecular weight is 276 g/mol. The molecule has 20 heavy (non-hydrogen) atoms. The lowest BCUT2D eigenvalue weighted by Crippen LogP contribution is -2.40. The van der Waals surface area contributed by atoms with Crippen molar-refractivity contribution in [2.75, 3.05) is 6.54 Å². The van der Waals surface area contributed by atoms with Crippen LogP contribution in [0.1, 0.15) is 57.0 Å². The van der Waals surface area contributed by atoms with Gasteiger partial charge in [-0.25, -0.2) is 0 Å². The van der Waals surface area contributed by atoms with Crippen molar-refractivity contribution < 1.29 is 4.79 Å². The van der Waals surface area contributed by atoms with Gasteiger partial charge >= 0.3 is 0 Å². The zero-order valence-corrected chi connectivity index (χ0v) is 13.4. The van der Waals surface area contributed by atoms with Crippen molar-refractivity contribution in [3.05, 3.63) is 35.4 Å². The van der Waals surface area contributed by atoms with E-state index >= 15 is 0 Å². The minimum Gasteiger partial charge on any atom is -0.349 e. The van der Waals surface area contributed by atoms with Gasteiger partial charge in [-0.2, -0.15) is 0 Å². The van der Waals surface area contributed by atoms with Crippen LogP contribution in [0.3, 0.4) is 0 Å². The molecule has 0 spiro atoms. The highest BCUT2D eigenvalue weighted by atomic mass is 16.1. The average Bonchev–Trinajstić information content (AvgIpc) is 2.37. The Kier molecular flexibility index (Phi) is 5.75. The topological polar surface area (TPSA) is 55.1 Å². The Bertz CT molecular complexity index is 447. The Labute approximate surface area is 122 Å². The predicted octanol–water partition coefficient (Wildman–Crippen LogP) is 3.09. The highest BCUT2D eigenvalue weighted by Gasteiger charge is 2.23. The quantitative estimate of drug-likeness (QED) is 0.868. The van der Waals surface area contributed by atoms with Crippen molar-refractivity contribution in [3.8, 4) is 0 Å². The lowest BCUT2D eigenvalue weighted by atomic mass is 9.83. The number of hydrogen-bond acceptors (Lipinski definition) is 2. The van der Waals surface area contributed by atoms with E-state index in [4.69, 9.17) is 5.73 Å². The van der Waals surface area contributed by atoms with Crippen molar-refractivity contribution in [1.29, 1.82) is 0 Å². The van der Waals surface area contributed by atoms with E-state index in [0.29, 0.717) is 12.5 Å². The number of carbonyl (C=O) groups excluding carboxylic acids is 1. The number of benzene rings is 1. The van der Waals surface area contributed by atoms with Gasteiger partial charge < -0.3 is 11.1 Å². The normalized spacial score (nSPS) is 13.3. The van der Waals surface area contributed by atoms with E-state index in [1.807, 2.05) is 24.3 Å². The molecule has 0 saturated carbocycles. The molecule has 0 saturated heterocycles. The first kappa shape index (κ1) is 16.7. The third kappa shape index (κ3) is 4.34. The Morgan fingerprint density at radius 1 is 1.25 bits per heavy atom. The standard InChI is InChI=1S/C17H28N2O/c1-12(2)15(10-11-18)19-16(20)13-8-6-7-9-14(13)17(3,4)5/h6-9,12,15H,10-11,18H2,1-5H3,(H,19,20). The molecule has 3 heteroatoms. The monoisotopic (exact) mass is 276 g/mol. The first-order valence-corrected chi connectivity index (χ1v) is 7.37. The van der Waals surface area contributed by atoms with Crippen molar-refractivity contribution >= 4 is 5.91 Å². The fourth-order valence-electron chi connectivity index (χ4n) is 2.33. The van der Waals surface area contributed by atoms with Gasteiger partial charge in [0.15, 0.2) is 0 Å². The van der Waals surface area contributed by atoms with Crippen LogP contribution in [0.4, 0.5) is 0 Å². The molecule has 3 N–H and O–H groups in total. The summed E-state index contributed by atoms with van der Waals surface area (Å²) in [7, 11) is 0. The molecule has 1 unspecified atom stereocenters. The zero-order chi connectivity index (χ0) is 15.3. The second-order valence-electron chi connectivity index (χ2n) is 6.70. The van der Waals surface area contributed by atoms with E-state index in [1.165, 1.54) is 0 Å². The lowest BCUT2D eigenvalue weighted by molar-refractivity contribution is 0.0922. The molecule has 0 aliphatic rings. The van der Waals surface area contributed by atoms with Crippen LogP contribution in [0.5, 0.6) is 0 Å². The summed E-state index contributed by atoms with van der Waals surface area (Å²) in [6, 6.07) is 7.95. The summed E-state index contributed by atoms with van der Waals surface area (Å²) in [6.45, 7) is 11.2. The van der Waals surface area contributed by atoms with Gasteiger partial charge in [-0.3, -0.25) is 4.79 Å². The van der Waals surface area contributed by atoms with Crippen LogP contribution >= 0.6 is 0 Å². The molecule has 1 atom stereocenters. The number of amides is 1. The fourth-order valence-corrected chi connectivity index (χ4v) is 2.33. The molecule has 0 radical (unpaired) electrons. The molecule has 1 aromatic rings. The minimum atomic E-state index is -0.0465. The summed E-state index contributed by atoms with van der Waals surface area (Å²) in [5.74, 6) is 0.381. The molecule has 112 valence electrons. The number of rotatable bonds is 5. The summed E-state index contributed by atoms with van der Waals surface area (Å²) in [6.07, 6.45) is 0.807. The predicted molar refractivity (Wildman–Crippen MR) is 84.9 cm³/mol. The van der Waals surface area contributed by atoms with Crippen LogP contribution in [-0.2, 0) is 5.41 Å². The van der Waals surface area contributed by atoms with Gasteiger partial charge in [0.1, 0.15) is 0 Å². The van der Waals surface area contributed by atoms with Crippen molar-refractivity contribution in [1.82, 2.24) is 5.32 Å². The molecule has 1 amide bonds. The molecule has 0 fully saturated rings. The Morgan fingerprint density at radius 3 is 2.35 bits per heavy atom. The van der Waals surface area contributed by atoms with Crippen LogP contribution in [0.15, 0.2) is 24.3 Å². The third-order valence-electron chi connectivity index (χ3n) is 3.58. The number of nitrogens with one attached hydrogen (secondary N) is 1. The van der Waals surface area contributed by atoms with Gasteiger partial charge in [-0.15, -0.1) is 0 Å². The lowest BCUT2D eigenvalue weighted by Gasteiger charge is -2.25. The second-order valence-corrected chi connectivity index (χ2v) is 6.70. The molecule has 3 nitrogen and oxygen atoms in total. The highest BCUT2D eigenvalue weighted by molar-refractivity contribution is 5.96. The number of nitrogens with two attached hydrogens (primary N) is 1. The first-order valence-electron chi connectivity index (χ1n) is 7.37. The summed E-state index contributed by atoms with van der Waals surface area (Å²) in [5, 5.41) is 3.13. The van der Waals surface area contributed by atoms with Gasteiger partial charge in [0.25, 0.3) is 5.91 Å². The van der Waals surface area contributed by atoms with Gasteiger partial charge in [0, 0.05) is 11.6 Å². The van der Waals surface area contributed by atoms with Gasteiger partial charge in [0.05, 0.1) is 0 Å². The van der Waals surface area contributed by atoms with E-state index in [1.54, 1.807) is 0 Å². The summed E-state index contributed by atoms with van der Waals surface area (Å²) in [4.78, 5) is 12.5. The van der Waals surface area contributed by atoms with Crippen LogP contribution in [0.25, 0.3) is 0 Å². The maximum absolute atomic E-state index is 12.5. The molecule has 0 bridgehead atoms. The molecular weight excluding hydrogens is 248 g/mol. The molecule has 0 aliphatic heterocycles. The van der Waals surface area contributed by atoms with Crippen molar-refractivity contribution in [2.45, 2.75) is 52.5 Å². The Hall–Kier alpha value is -1.35. The van der Waals surface area contributed by atoms with E-state index < -0.39 is 0 Å². The molecular formula is C17H28N2O. The molecule has 0 aromatic heterocycles. The highest BCUT2D eigenvalue weighted by Crippen LogP contribution is 2.25. The largest absolute Gasteiger partial charge is 0.349 e. The van der Waals surface area contributed by atoms with E-state index in [0.717, 1.165) is 17.5 Å². The second kappa shape index (κ2) is 6.89. The molecule has 1 aromatic carbocycles. The van der Waals surface area contributed by atoms with Gasteiger partial charge in [0.2, 0.25) is 0 Å². The number of carbonyl (C=O) groups is 1. The van der Waals surface area contributed by atoms with Crippen molar-refractivity contribution in [2.24, 2.45) is 11.7 Å². The maximum Gasteiger partial charge on any atom is 0.251 e.